The van der Waals surface area contributed by atoms with Gasteiger partial charge in [-0.05, 0) is 49.2 Å². The minimum atomic E-state index is 0.0698. The lowest BCUT2D eigenvalue weighted by atomic mass is 10.0. The molecular formula is C23H26N2O2. The van der Waals surface area contributed by atoms with Gasteiger partial charge in [0.1, 0.15) is 5.58 Å². The van der Waals surface area contributed by atoms with Gasteiger partial charge in [-0.3, -0.25) is 4.79 Å². The van der Waals surface area contributed by atoms with E-state index in [4.69, 9.17) is 4.42 Å². The van der Waals surface area contributed by atoms with E-state index in [9.17, 15) is 4.79 Å². The predicted molar refractivity (Wildman–Crippen MR) is 108 cm³/mol. The molecule has 140 valence electrons. The van der Waals surface area contributed by atoms with Gasteiger partial charge in [-0.2, -0.15) is 0 Å². The molecule has 1 saturated heterocycles. The molecule has 1 atom stereocenters. The zero-order valence-electron chi connectivity index (χ0n) is 15.8. The summed E-state index contributed by atoms with van der Waals surface area (Å²) in [5.41, 5.74) is 3.05. The number of amides is 1. The van der Waals surface area contributed by atoms with Crippen LogP contribution in [0.15, 0.2) is 65.3 Å². The van der Waals surface area contributed by atoms with Crippen molar-refractivity contribution in [1.82, 2.24) is 9.80 Å². The third-order valence-electron chi connectivity index (χ3n) is 5.60. The molecule has 0 saturated carbocycles. The van der Waals surface area contributed by atoms with Crippen LogP contribution in [0.1, 0.15) is 30.0 Å². The second kappa shape index (κ2) is 7.97. The van der Waals surface area contributed by atoms with Crippen LogP contribution in [0.3, 0.4) is 0 Å². The number of likely N-dealkylation sites (tertiary alicyclic amines) is 1. The molecule has 0 spiro atoms. The SMILES string of the molecule is CN(C(=O)Cc1cccc2occc12)[C@H](CN1CCCC1)c1ccccc1. The van der Waals surface area contributed by atoms with Crippen LogP contribution in [0, 0.1) is 0 Å². The van der Waals surface area contributed by atoms with Gasteiger partial charge in [0.2, 0.25) is 5.91 Å². The molecule has 1 amide bonds. The number of rotatable bonds is 6. The molecule has 4 rings (SSSR count). The Kier molecular flexibility index (Phi) is 5.26. The number of hydrogen-bond donors (Lipinski definition) is 0. The molecule has 0 aliphatic carbocycles. The molecular weight excluding hydrogens is 336 g/mol. The van der Waals surface area contributed by atoms with Gasteiger partial charge in [0.05, 0.1) is 18.7 Å². The smallest absolute Gasteiger partial charge is 0.227 e. The standard InChI is InChI=1S/C23H26N2O2/c1-24(23(26)16-19-10-7-11-22-20(19)12-15-27-22)21(17-25-13-5-6-14-25)18-8-3-2-4-9-18/h2-4,7-12,15,21H,5-6,13-14,16-17H2,1H3/t21-/m1/s1. The molecule has 1 aliphatic rings. The zero-order valence-corrected chi connectivity index (χ0v) is 15.8. The summed E-state index contributed by atoms with van der Waals surface area (Å²) in [7, 11) is 1.94. The van der Waals surface area contributed by atoms with Crippen molar-refractivity contribution in [2.75, 3.05) is 26.7 Å². The molecule has 2 heterocycles. The summed E-state index contributed by atoms with van der Waals surface area (Å²) in [4.78, 5) is 17.5. The molecule has 4 heteroatoms. The summed E-state index contributed by atoms with van der Waals surface area (Å²) in [6.07, 6.45) is 4.57. The maximum Gasteiger partial charge on any atom is 0.227 e. The van der Waals surface area contributed by atoms with Crippen LogP contribution in [-0.4, -0.2) is 42.4 Å². The Hall–Kier alpha value is -2.59. The number of hydrogen-bond acceptors (Lipinski definition) is 3. The van der Waals surface area contributed by atoms with Gasteiger partial charge in [-0.15, -0.1) is 0 Å². The highest BCUT2D eigenvalue weighted by molar-refractivity contribution is 5.87. The summed E-state index contributed by atoms with van der Waals surface area (Å²) < 4.78 is 5.47. The Balaban J connectivity index is 1.55. The lowest BCUT2D eigenvalue weighted by Gasteiger charge is -2.32. The number of carbonyl (C=O) groups is 1. The molecule has 2 aromatic carbocycles. The number of fused-ring (bicyclic) bond motifs is 1. The van der Waals surface area contributed by atoms with Crippen LogP contribution in [0.5, 0.6) is 0 Å². The number of nitrogens with zero attached hydrogens (tertiary/aromatic N) is 2. The number of carbonyl (C=O) groups excluding carboxylic acids is 1. The van der Waals surface area contributed by atoms with Crippen molar-refractivity contribution in [3.05, 3.63) is 72.0 Å². The average molecular weight is 362 g/mol. The second-order valence-corrected chi connectivity index (χ2v) is 7.37. The lowest BCUT2D eigenvalue weighted by molar-refractivity contribution is -0.131. The number of benzene rings is 2. The first-order valence-electron chi connectivity index (χ1n) is 9.70. The quantitative estimate of drug-likeness (QED) is 0.657. The molecule has 27 heavy (non-hydrogen) atoms. The second-order valence-electron chi connectivity index (χ2n) is 7.37. The van der Waals surface area contributed by atoms with E-state index in [1.165, 1.54) is 18.4 Å². The van der Waals surface area contributed by atoms with Crippen molar-refractivity contribution in [1.29, 1.82) is 0 Å². The number of furan rings is 1. The fourth-order valence-corrected chi connectivity index (χ4v) is 4.01. The molecule has 1 aliphatic heterocycles. The molecule has 0 N–H and O–H groups in total. The van der Waals surface area contributed by atoms with Crippen LogP contribution < -0.4 is 0 Å². The summed E-state index contributed by atoms with van der Waals surface area (Å²) in [5.74, 6) is 0.136. The van der Waals surface area contributed by atoms with Crippen LogP contribution in [0.4, 0.5) is 0 Å². The van der Waals surface area contributed by atoms with Gasteiger partial charge in [0, 0.05) is 19.0 Å². The third kappa shape index (κ3) is 3.91. The van der Waals surface area contributed by atoms with E-state index in [-0.39, 0.29) is 11.9 Å². The molecule has 4 nitrogen and oxygen atoms in total. The van der Waals surface area contributed by atoms with Gasteiger partial charge >= 0.3 is 0 Å². The molecule has 0 radical (unpaired) electrons. The van der Waals surface area contributed by atoms with E-state index in [0.717, 1.165) is 36.2 Å². The van der Waals surface area contributed by atoms with Gasteiger partial charge in [-0.1, -0.05) is 42.5 Å². The Labute approximate surface area is 160 Å². The summed E-state index contributed by atoms with van der Waals surface area (Å²) in [6.45, 7) is 3.14. The van der Waals surface area contributed by atoms with Crippen LogP contribution in [0.2, 0.25) is 0 Å². The minimum Gasteiger partial charge on any atom is -0.464 e. The van der Waals surface area contributed by atoms with E-state index < -0.39 is 0 Å². The monoisotopic (exact) mass is 362 g/mol. The Morgan fingerprint density at radius 1 is 1.07 bits per heavy atom. The van der Waals surface area contributed by atoms with Crippen molar-refractivity contribution in [2.24, 2.45) is 0 Å². The average Bonchev–Trinajstić information content (AvgIpc) is 3.38. The van der Waals surface area contributed by atoms with Crippen molar-refractivity contribution in [3.63, 3.8) is 0 Å². The number of likely N-dealkylation sites (N-methyl/N-ethyl adjacent to an activating group) is 1. The first-order chi connectivity index (χ1) is 13.2. The highest BCUT2D eigenvalue weighted by Gasteiger charge is 2.25. The van der Waals surface area contributed by atoms with Gasteiger partial charge in [0.25, 0.3) is 0 Å². The Bertz CT molecular complexity index is 897. The van der Waals surface area contributed by atoms with E-state index in [1.807, 2.05) is 42.3 Å². The van der Waals surface area contributed by atoms with Crippen molar-refractivity contribution in [3.8, 4) is 0 Å². The highest BCUT2D eigenvalue weighted by Crippen LogP contribution is 2.25. The Morgan fingerprint density at radius 2 is 1.85 bits per heavy atom. The van der Waals surface area contributed by atoms with Crippen molar-refractivity contribution in [2.45, 2.75) is 25.3 Å². The molecule has 0 bridgehead atoms. The first kappa shape index (κ1) is 17.8. The van der Waals surface area contributed by atoms with Crippen molar-refractivity contribution >= 4 is 16.9 Å². The first-order valence-corrected chi connectivity index (χ1v) is 9.70. The van der Waals surface area contributed by atoms with Gasteiger partial charge in [-0.25, -0.2) is 0 Å². The van der Waals surface area contributed by atoms with Crippen LogP contribution in [0.25, 0.3) is 11.0 Å². The fraction of sp³-hybridized carbons (Fsp3) is 0.348. The molecule has 1 aromatic heterocycles. The Morgan fingerprint density at radius 3 is 2.63 bits per heavy atom. The zero-order chi connectivity index (χ0) is 18.6. The maximum atomic E-state index is 13.1. The van der Waals surface area contributed by atoms with Crippen molar-refractivity contribution < 1.29 is 9.21 Å². The predicted octanol–water partition coefficient (Wildman–Crippen LogP) is 4.27. The summed E-state index contributed by atoms with van der Waals surface area (Å²) in [6, 6.07) is 18.3. The van der Waals surface area contributed by atoms with Crippen LogP contribution >= 0.6 is 0 Å². The summed E-state index contributed by atoms with van der Waals surface area (Å²) in [5, 5.41) is 1.02. The molecule has 0 unspecified atom stereocenters. The van der Waals surface area contributed by atoms with E-state index in [2.05, 4.69) is 29.2 Å². The van der Waals surface area contributed by atoms with E-state index >= 15 is 0 Å². The van der Waals surface area contributed by atoms with E-state index in [1.54, 1.807) is 6.26 Å². The topological polar surface area (TPSA) is 36.7 Å². The largest absolute Gasteiger partial charge is 0.464 e. The van der Waals surface area contributed by atoms with Crippen LogP contribution in [-0.2, 0) is 11.2 Å². The normalized spacial score (nSPS) is 15.9. The minimum absolute atomic E-state index is 0.0698. The molecule has 1 fully saturated rings. The third-order valence-corrected chi connectivity index (χ3v) is 5.60. The summed E-state index contributed by atoms with van der Waals surface area (Å²) >= 11 is 0. The van der Waals surface area contributed by atoms with Gasteiger partial charge < -0.3 is 14.2 Å². The van der Waals surface area contributed by atoms with Gasteiger partial charge in [0.15, 0.2) is 0 Å². The lowest BCUT2D eigenvalue weighted by Crippen LogP contribution is -2.39. The highest BCUT2D eigenvalue weighted by atomic mass is 16.3. The maximum absolute atomic E-state index is 13.1. The van der Waals surface area contributed by atoms with E-state index in [0.29, 0.717) is 6.42 Å². The molecule has 3 aromatic rings. The fourth-order valence-electron chi connectivity index (χ4n) is 4.01.